The molecule has 0 saturated heterocycles. The normalized spacial score (nSPS) is 13.5. The fraction of sp³-hybridized carbons (Fsp3) is 0.286. The molecule has 0 unspecified atom stereocenters. The fourth-order valence-corrected chi connectivity index (χ4v) is 4.03. The first-order valence-corrected chi connectivity index (χ1v) is 9.86. The Morgan fingerprint density at radius 1 is 1.10 bits per heavy atom. The van der Waals surface area contributed by atoms with Crippen LogP contribution in [0.3, 0.4) is 0 Å². The van der Waals surface area contributed by atoms with E-state index < -0.39 is 0 Å². The van der Waals surface area contributed by atoms with Crippen LogP contribution in [0.25, 0.3) is 11.5 Å². The number of carbonyl (C=O) groups excluding carboxylic acids is 1. The first-order chi connectivity index (χ1) is 14.6. The molecule has 0 atom stereocenters. The smallest absolute Gasteiger partial charge is 0.272 e. The highest BCUT2D eigenvalue weighted by molar-refractivity contribution is 5.92. The SMILES string of the molecule is Cn1nccc1C(=O)N1CCc2c(c(-c3nncn3Cc3ccccc3)nn2C)C1. The lowest BCUT2D eigenvalue weighted by Gasteiger charge is -2.27. The van der Waals surface area contributed by atoms with E-state index in [0.717, 1.165) is 28.9 Å². The zero-order valence-corrected chi connectivity index (χ0v) is 16.9. The zero-order chi connectivity index (χ0) is 20.7. The molecule has 9 heteroatoms. The summed E-state index contributed by atoms with van der Waals surface area (Å²) in [5, 5.41) is 17.4. The summed E-state index contributed by atoms with van der Waals surface area (Å²) in [5.41, 5.74) is 4.69. The number of carbonyl (C=O) groups is 1. The van der Waals surface area contributed by atoms with Crippen molar-refractivity contribution in [3.63, 3.8) is 0 Å². The van der Waals surface area contributed by atoms with Crippen molar-refractivity contribution in [1.82, 2.24) is 39.2 Å². The van der Waals surface area contributed by atoms with Gasteiger partial charge in [0.2, 0.25) is 0 Å². The summed E-state index contributed by atoms with van der Waals surface area (Å²) in [6, 6.07) is 11.9. The number of benzene rings is 1. The van der Waals surface area contributed by atoms with Crippen LogP contribution in [-0.2, 0) is 33.6 Å². The lowest BCUT2D eigenvalue weighted by Crippen LogP contribution is -2.37. The number of aromatic nitrogens is 7. The van der Waals surface area contributed by atoms with Crippen molar-refractivity contribution < 1.29 is 4.79 Å². The molecule has 9 nitrogen and oxygen atoms in total. The Labute approximate surface area is 173 Å². The molecule has 3 aromatic heterocycles. The molecule has 0 N–H and O–H groups in total. The number of nitrogens with zero attached hydrogens (tertiary/aromatic N) is 8. The Morgan fingerprint density at radius 3 is 2.70 bits per heavy atom. The van der Waals surface area contributed by atoms with E-state index in [1.54, 1.807) is 30.3 Å². The van der Waals surface area contributed by atoms with Gasteiger partial charge in [0.05, 0.1) is 13.1 Å². The lowest BCUT2D eigenvalue weighted by atomic mass is 10.0. The van der Waals surface area contributed by atoms with Crippen molar-refractivity contribution in [2.75, 3.05) is 6.54 Å². The van der Waals surface area contributed by atoms with E-state index in [4.69, 9.17) is 5.10 Å². The van der Waals surface area contributed by atoms with Gasteiger partial charge in [0, 0.05) is 44.5 Å². The van der Waals surface area contributed by atoms with E-state index in [-0.39, 0.29) is 5.91 Å². The molecule has 0 bridgehead atoms. The van der Waals surface area contributed by atoms with Gasteiger partial charge in [-0.25, -0.2) is 0 Å². The van der Waals surface area contributed by atoms with Crippen LogP contribution < -0.4 is 0 Å². The molecular formula is C21H22N8O. The van der Waals surface area contributed by atoms with Crippen molar-refractivity contribution in [3.05, 3.63) is 71.4 Å². The van der Waals surface area contributed by atoms with Crippen LogP contribution in [-0.4, -0.2) is 51.7 Å². The zero-order valence-electron chi connectivity index (χ0n) is 16.9. The minimum absolute atomic E-state index is 0.0267. The lowest BCUT2D eigenvalue weighted by molar-refractivity contribution is 0.0722. The molecule has 4 heterocycles. The quantitative estimate of drug-likeness (QED) is 0.518. The van der Waals surface area contributed by atoms with Gasteiger partial charge in [-0.1, -0.05) is 30.3 Å². The fourth-order valence-electron chi connectivity index (χ4n) is 4.03. The average Bonchev–Trinajstić information content (AvgIpc) is 3.47. The molecule has 152 valence electrons. The van der Waals surface area contributed by atoms with Crippen molar-refractivity contribution >= 4 is 5.91 Å². The Hall–Kier alpha value is -3.75. The molecule has 4 aromatic rings. The maximum atomic E-state index is 13.0. The Kier molecular flexibility index (Phi) is 4.42. The third-order valence-electron chi connectivity index (χ3n) is 5.59. The maximum absolute atomic E-state index is 13.0. The minimum atomic E-state index is -0.0267. The average molecular weight is 402 g/mol. The molecule has 0 spiro atoms. The van der Waals surface area contributed by atoms with E-state index in [0.29, 0.717) is 31.2 Å². The molecule has 1 aliphatic rings. The molecule has 30 heavy (non-hydrogen) atoms. The summed E-state index contributed by atoms with van der Waals surface area (Å²) in [6.07, 6.45) is 4.12. The largest absolute Gasteiger partial charge is 0.332 e. The van der Waals surface area contributed by atoms with Gasteiger partial charge < -0.3 is 9.47 Å². The van der Waals surface area contributed by atoms with Gasteiger partial charge in [0.25, 0.3) is 5.91 Å². The summed E-state index contributed by atoms with van der Waals surface area (Å²) >= 11 is 0. The second-order valence-corrected chi connectivity index (χ2v) is 7.48. The predicted molar refractivity (Wildman–Crippen MR) is 109 cm³/mol. The van der Waals surface area contributed by atoms with E-state index in [1.165, 1.54) is 0 Å². The van der Waals surface area contributed by atoms with Crippen LogP contribution in [0.1, 0.15) is 27.3 Å². The van der Waals surface area contributed by atoms with Crippen molar-refractivity contribution in [3.8, 4) is 11.5 Å². The topological polar surface area (TPSA) is 86.7 Å². The highest BCUT2D eigenvalue weighted by Gasteiger charge is 2.30. The van der Waals surface area contributed by atoms with Gasteiger partial charge in [0.15, 0.2) is 5.82 Å². The maximum Gasteiger partial charge on any atom is 0.272 e. The molecule has 0 saturated carbocycles. The second kappa shape index (κ2) is 7.25. The van der Waals surface area contributed by atoms with Crippen LogP contribution in [0, 0.1) is 0 Å². The molecule has 0 fully saturated rings. The number of hydrogen-bond acceptors (Lipinski definition) is 5. The van der Waals surface area contributed by atoms with Crippen LogP contribution in [0.15, 0.2) is 48.9 Å². The van der Waals surface area contributed by atoms with E-state index in [9.17, 15) is 4.79 Å². The Morgan fingerprint density at radius 2 is 1.93 bits per heavy atom. The number of aryl methyl sites for hydroxylation is 2. The van der Waals surface area contributed by atoms with Crippen LogP contribution in [0.2, 0.25) is 0 Å². The van der Waals surface area contributed by atoms with Crippen molar-refractivity contribution in [2.45, 2.75) is 19.5 Å². The molecule has 1 aliphatic heterocycles. The summed E-state index contributed by atoms with van der Waals surface area (Å²) in [4.78, 5) is 14.9. The van der Waals surface area contributed by atoms with Gasteiger partial charge >= 0.3 is 0 Å². The summed E-state index contributed by atoms with van der Waals surface area (Å²) in [5.74, 6) is 0.687. The van der Waals surface area contributed by atoms with E-state index >= 15 is 0 Å². The van der Waals surface area contributed by atoms with Crippen molar-refractivity contribution in [1.29, 1.82) is 0 Å². The van der Waals surface area contributed by atoms with Crippen LogP contribution in [0.5, 0.6) is 0 Å². The Balaban J connectivity index is 1.48. The van der Waals surface area contributed by atoms with Crippen LogP contribution in [0.4, 0.5) is 0 Å². The highest BCUT2D eigenvalue weighted by Crippen LogP contribution is 2.29. The van der Waals surface area contributed by atoms with Gasteiger partial charge in [-0.15, -0.1) is 10.2 Å². The predicted octanol–water partition coefficient (Wildman–Crippen LogP) is 1.66. The van der Waals surface area contributed by atoms with E-state index in [2.05, 4.69) is 27.4 Å². The number of rotatable bonds is 4. The molecule has 0 radical (unpaired) electrons. The standard InChI is InChI=1S/C21H22N8O/c1-26-18(8-10-23-26)21(30)28-11-9-17-16(13-28)19(25-27(17)2)20-24-22-14-29(20)12-15-6-4-3-5-7-15/h3-8,10,14H,9,11-13H2,1-2H3. The van der Waals surface area contributed by atoms with Gasteiger partial charge in [-0.05, 0) is 11.6 Å². The highest BCUT2D eigenvalue weighted by atomic mass is 16.2. The second-order valence-electron chi connectivity index (χ2n) is 7.48. The van der Waals surface area contributed by atoms with Gasteiger partial charge in [0.1, 0.15) is 17.7 Å². The van der Waals surface area contributed by atoms with Crippen molar-refractivity contribution in [2.24, 2.45) is 14.1 Å². The van der Waals surface area contributed by atoms with Gasteiger partial charge in [-0.2, -0.15) is 10.2 Å². The summed E-state index contributed by atoms with van der Waals surface area (Å²) < 4.78 is 5.51. The summed E-state index contributed by atoms with van der Waals surface area (Å²) in [7, 11) is 3.73. The molecule has 1 aromatic carbocycles. The third-order valence-corrected chi connectivity index (χ3v) is 5.59. The summed E-state index contributed by atoms with van der Waals surface area (Å²) in [6.45, 7) is 1.79. The molecular weight excluding hydrogens is 380 g/mol. The van der Waals surface area contributed by atoms with Gasteiger partial charge in [-0.3, -0.25) is 14.2 Å². The first-order valence-electron chi connectivity index (χ1n) is 9.86. The molecule has 1 amide bonds. The number of hydrogen-bond donors (Lipinski definition) is 0. The Bertz CT molecular complexity index is 1200. The van der Waals surface area contributed by atoms with Crippen LogP contribution >= 0.6 is 0 Å². The van der Waals surface area contributed by atoms with E-state index in [1.807, 2.05) is 39.4 Å². The minimum Gasteiger partial charge on any atom is -0.332 e. The molecule has 5 rings (SSSR count). The third kappa shape index (κ3) is 3.08. The molecule has 0 aliphatic carbocycles. The first kappa shape index (κ1) is 18.3. The monoisotopic (exact) mass is 402 g/mol. The number of amides is 1. The number of fused-ring (bicyclic) bond motifs is 1.